The number of fused-ring (bicyclic) bond motifs is 3. The molecule has 9 heteroatoms. The van der Waals surface area contributed by atoms with Crippen molar-refractivity contribution in [2.24, 2.45) is 0 Å². The van der Waals surface area contributed by atoms with Crippen molar-refractivity contribution in [2.75, 3.05) is 31.2 Å². The predicted molar refractivity (Wildman–Crippen MR) is 121 cm³/mol. The maximum absolute atomic E-state index is 6.40. The lowest BCUT2D eigenvalue weighted by Crippen LogP contribution is -2.34. The Morgan fingerprint density at radius 2 is 1.94 bits per heavy atom. The monoisotopic (exact) mass is 451 g/mol. The molecule has 0 aliphatic carbocycles. The second-order valence-electron chi connectivity index (χ2n) is 8.83. The Hall–Kier alpha value is -2.55. The van der Waals surface area contributed by atoms with Crippen LogP contribution in [0.3, 0.4) is 0 Å². The van der Waals surface area contributed by atoms with Crippen LogP contribution in [0.1, 0.15) is 42.4 Å². The molecule has 0 N–H and O–H groups in total. The summed E-state index contributed by atoms with van der Waals surface area (Å²) in [5.41, 5.74) is 2.38. The lowest BCUT2D eigenvalue weighted by atomic mass is 9.95. The molecule has 5 heterocycles. The number of ether oxygens (including phenoxy) is 1. The highest BCUT2D eigenvalue weighted by molar-refractivity contribution is 6.30. The molecule has 32 heavy (non-hydrogen) atoms. The summed E-state index contributed by atoms with van der Waals surface area (Å²) < 4.78 is 7.97. The molecule has 166 valence electrons. The van der Waals surface area contributed by atoms with Crippen molar-refractivity contribution in [3.05, 3.63) is 59.0 Å². The first-order valence-corrected chi connectivity index (χ1v) is 11.7. The normalized spacial score (nSPS) is 21.9. The Morgan fingerprint density at radius 3 is 2.72 bits per heavy atom. The summed E-state index contributed by atoms with van der Waals surface area (Å²) in [6, 6.07) is 8.57. The molecule has 3 aliphatic heterocycles. The van der Waals surface area contributed by atoms with E-state index < -0.39 is 0 Å². The number of halogens is 1. The van der Waals surface area contributed by atoms with Gasteiger partial charge in [-0.3, -0.25) is 9.47 Å². The number of hydrogen-bond donors (Lipinski definition) is 0. The second-order valence-corrected chi connectivity index (χ2v) is 9.27. The third-order valence-electron chi connectivity index (χ3n) is 6.93. The molecule has 2 saturated heterocycles. The topological polar surface area (TPSA) is 72.2 Å². The highest BCUT2D eigenvalue weighted by Gasteiger charge is 2.33. The van der Waals surface area contributed by atoms with E-state index in [1.54, 1.807) is 12.5 Å². The minimum absolute atomic E-state index is 0.360. The molecule has 8 nitrogen and oxygen atoms in total. The van der Waals surface area contributed by atoms with Crippen LogP contribution in [0.4, 0.5) is 5.82 Å². The van der Waals surface area contributed by atoms with Crippen LogP contribution >= 0.6 is 11.6 Å². The first kappa shape index (κ1) is 20.1. The van der Waals surface area contributed by atoms with Gasteiger partial charge in [0.25, 0.3) is 0 Å². The van der Waals surface area contributed by atoms with Gasteiger partial charge in [0.1, 0.15) is 18.0 Å². The molecule has 3 aliphatic rings. The van der Waals surface area contributed by atoms with E-state index in [9.17, 15) is 0 Å². The third kappa shape index (κ3) is 3.66. The first-order valence-electron chi connectivity index (χ1n) is 11.3. The molecule has 0 unspecified atom stereocenters. The smallest absolute Gasteiger partial charge is 0.151 e. The summed E-state index contributed by atoms with van der Waals surface area (Å²) in [6.07, 6.45) is 6.51. The van der Waals surface area contributed by atoms with E-state index in [0.717, 1.165) is 86.8 Å². The van der Waals surface area contributed by atoms with Crippen LogP contribution in [0.5, 0.6) is 0 Å². The largest absolute Gasteiger partial charge is 0.380 e. The van der Waals surface area contributed by atoms with E-state index in [2.05, 4.69) is 41.6 Å². The lowest BCUT2D eigenvalue weighted by molar-refractivity contribution is 0.133. The van der Waals surface area contributed by atoms with Crippen LogP contribution in [-0.4, -0.2) is 62.0 Å². The zero-order valence-electron chi connectivity index (χ0n) is 17.9. The number of piperidine rings is 1. The molecule has 1 aromatic carbocycles. The SMILES string of the molecule is Clc1ccc2c(c1)CN([C@@H]1CCOC1)Cc1nnc(C3CCN(c4ccncn4)CC3)n1-2. The maximum atomic E-state index is 6.40. The standard InChI is InChI=1S/C23H26ClN7O/c24-18-1-2-20-17(11-18)12-30(19-6-10-32-14-19)13-22-27-28-23(31(20)22)16-4-8-29(9-5-16)21-3-7-25-15-26-21/h1-3,7,11,15-16,19H,4-6,8-10,12-14H2/t19-/m1/s1. The number of aromatic nitrogens is 5. The summed E-state index contributed by atoms with van der Waals surface area (Å²) in [4.78, 5) is 13.2. The predicted octanol–water partition coefficient (Wildman–Crippen LogP) is 3.20. The van der Waals surface area contributed by atoms with Gasteiger partial charge in [0, 0.05) is 49.4 Å². The summed E-state index contributed by atoms with van der Waals surface area (Å²) in [5.74, 6) is 3.42. The average molecular weight is 452 g/mol. The maximum Gasteiger partial charge on any atom is 0.151 e. The van der Waals surface area contributed by atoms with Crippen LogP contribution in [-0.2, 0) is 17.8 Å². The number of hydrogen-bond acceptors (Lipinski definition) is 7. The Labute approximate surface area is 192 Å². The zero-order valence-corrected chi connectivity index (χ0v) is 18.7. The highest BCUT2D eigenvalue weighted by atomic mass is 35.5. The molecule has 0 bridgehead atoms. The van der Waals surface area contributed by atoms with Gasteiger partial charge in [-0.1, -0.05) is 11.6 Å². The van der Waals surface area contributed by atoms with Gasteiger partial charge in [-0.05, 0) is 49.1 Å². The average Bonchev–Trinajstić information content (AvgIpc) is 3.48. The van der Waals surface area contributed by atoms with Crippen LogP contribution in [0.25, 0.3) is 5.69 Å². The van der Waals surface area contributed by atoms with Gasteiger partial charge in [-0.25, -0.2) is 9.97 Å². The molecule has 6 rings (SSSR count). The number of nitrogens with zero attached hydrogens (tertiary/aromatic N) is 7. The van der Waals surface area contributed by atoms with Crippen molar-refractivity contribution in [1.29, 1.82) is 0 Å². The number of rotatable bonds is 3. The highest BCUT2D eigenvalue weighted by Crippen LogP contribution is 2.35. The lowest BCUT2D eigenvalue weighted by Gasteiger charge is -2.32. The molecule has 2 fully saturated rings. The molecule has 0 saturated carbocycles. The fourth-order valence-corrected chi connectivity index (χ4v) is 5.42. The van der Waals surface area contributed by atoms with Crippen molar-refractivity contribution in [1.82, 2.24) is 29.6 Å². The Morgan fingerprint density at radius 1 is 1.03 bits per heavy atom. The molecule has 0 amide bonds. The Bertz CT molecular complexity index is 1090. The minimum atomic E-state index is 0.360. The quantitative estimate of drug-likeness (QED) is 0.605. The summed E-state index contributed by atoms with van der Waals surface area (Å²) in [6.45, 7) is 5.11. The van der Waals surface area contributed by atoms with Gasteiger partial charge in [-0.15, -0.1) is 10.2 Å². The van der Waals surface area contributed by atoms with Crippen LogP contribution in [0.2, 0.25) is 5.02 Å². The fourth-order valence-electron chi connectivity index (χ4n) is 5.22. The molecule has 2 aromatic heterocycles. The molecular formula is C23H26ClN7O. The van der Waals surface area contributed by atoms with Crippen molar-refractivity contribution in [3.8, 4) is 5.69 Å². The van der Waals surface area contributed by atoms with Crippen LogP contribution in [0, 0.1) is 0 Å². The van der Waals surface area contributed by atoms with Crippen molar-refractivity contribution < 1.29 is 4.74 Å². The summed E-state index contributed by atoms with van der Waals surface area (Å²) >= 11 is 6.40. The van der Waals surface area contributed by atoms with Gasteiger partial charge in [0.2, 0.25) is 0 Å². The van der Waals surface area contributed by atoms with Gasteiger partial charge < -0.3 is 9.64 Å². The first-order chi connectivity index (χ1) is 15.8. The van der Waals surface area contributed by atoms with E-state index in [-0.39, 0.29) is 0 Å². The summed E-state index contributed by atoms with van der Waals surface area (Å²) in [5, 5.41) is 10.2. The molecule has 1 atom stereocenters. The summed E-state index contributed by atoms with van der Waals surface area (Å²) in [7, 11) is 0. The van der Waals surface area contributed by atoms with Gasteiger partial charge in [0.15, 0.2) is 5.82 Å². The van der Waals surface area contributed by atoms with E-state index in [1.807, 2.05) is 12.1 Å². The Kier molecular flexibility index (Phi) is 5.29. The van der Waals surface area contributed by atoms with Crippen molar-refractivity contribution in [2.45, 2.75) is 44.3 Å². The zero-order chi connectivity index (χ0) is 21.5. The number of anilines is 1. The van der Waals surface area contributed by atoms with Crippen LogP contribution < -0.4 is 4.90 Å². The van der Waals surface area contributed by atoms with Crippen molar-refractivity contribution >= 4 is 17.4 Å². The van der Waals surface area contributed by atoms with Gasteiger partial charge >= 0.3 is 0 Å². The number of benzene rings is 1. The van der Waals surface area contributed by atoms with Gasteiger partial charge in [0.05, 0.1) is 18.8 Å². The third-order valence-corrected chi connectivity index (χ3v) is 7.16. The van der Waals surface area contributed by atoms with E-state index in [1.165, 1.54) is 5.56 Å². The molecular weight excluding hydrogens is 426 g/mol. The Balaban J connectivity index is 1.31. The fraction of sp³-hybridized carbons (Fsp3) is 0.478. The van der Waals surface area contributed by atoms with E-state index in [0.29, 0.717) is 12.0 Å². The van der Waals surface area contributed by atoms with Crippen molar-refractivity contribution in [3.63, 3.8) is 0 Å². The van der Waals surface area contributed by atoms with Crippen LogP contribution in [0.15, 0.2) is 36.8 Å². The second kappa shape index (κ2) is 8.42. The minimum Gasteiger partial charge on any atom is -0.380 e. The molecule has 3 aromatic rings. The van der Waals surface area contributed by atoms with E-state index in [4.69, 9.17) is 21.4 Å². The van der Waals surface area contributed by atoms with E-state index >= 15 is 0 Å². The molecule has 0 spiro atoms. The molecule has 0 radical (unpaired) electrons. The van der Waals surface area contributed by atoms with Gasteiger partial charge in [-0.2, -0.15) is 0 Å².